The van der Waals surface area contributed by atoms with Crippen molar-refractivity contribution in [2.24, 2.45) is 0 Å². The van der Waals surface area contributed by atoms with E-state index in [0.717, 1.165) is 17.7 Å². The Kier molecular flexibility index (Phi) is 5.17. The minimum Gasteiger partial charge on any atom is -0.353 e. The second-order valence-electron chi connectivity index (χ2n) is 6.46. The van der Waals surface area contributed by atoms with Crippen molar-refractivity contribution in [3.05, 3.63) is 30.1 Å². The molecule has 2 fully saturated rings. The molecule has 8 heteroatoms. The van der Waals surface area contributed by atoms with Crippen molar-refractivity contribution < 1.29 is 17.6 Å². The van der Waals surface area contributed by atoms with E-state index < -0.39 is 10.0 Å². The summed E-state index contributed by atoms with van der Waals surface area (Å²) < 4.78 is 38.2. The summed E-state index contributed by atoms with van der Waals surface area (Å²) in [5.74, 6) is -0.0915. The van der Waals surface area contributed by atoms with Crippen LogP contribution in [0.3, 0.4) is 0 Å². The summed E-state index contributed by atoms with van der Waals surface area (Å²) in [6.45, 7) is 0. The Labute approximate surface area is 146 Å². The van der Waals surface area contributed by atoms with Gasteiger partial charge in [0.1, 0.15) is 5.82 Å². The molecular formula is C16H21FN2O3S2. The number of fused-ring (bicyclic) bond motifs is 2. The topological polar surface area (TPSA) is 66.5 Å². The van der Waals surface area contributed by atoms with Crippen LogP contribution in [0.2, 0.25) is 0 Å². The summed E-state index contributed by atoms with van der Waals surface area (Å²) >= 11 is 1.36. The molecular weight excluding hydrogens is 351 g/mol. The number of carbonyl (C=O) groups is 1. The molecule has 0 aliphatic carbocycles. The number of sulfonamides is 1. The zero-order valence-electron chi connectivity index (χ0n) is 13.4. The molecule has 2 atom stereocenters. The number of benzene rings is 1. The minimum atomic E-state index is -3.18. The van der Waals surface area contributed by atoms with Crippen LogP contribution in [-0.2, 0) is 14.8 Å². The van der Waals surface area contributed by atoms with Crippen LogP contribution < -0.4 is 5.32 Å². The lowest BCUT2D eigenvalue weighted by Gasteiger charge is -2.37. The van der Waals surface area contributed by atoms with Crippen molar-refractivity contribution in [2.45, 2.75) is 48.7 Å². The zero-order valence-corrected chi connectivity index (χ0v) is 15.1. The SMILES string of the molecule is CS(=O)(=O)N1[C@H]2CC[C@H]1CC(NC(=O)CSc1ccc(F)cc1)C2. The molecule has 2 aliphatic rings. The number of piperidine rings is 1. The molecule has 1 amide bonds. The van der Waals surface area contributed by atoms with Gasteiger partial charge < -0.3 is 5.32 Å². The highest BCUT2D eigenvalue weighted by Gasteiger charge is 2.45. The van der Waals surface area contributed by atoms with Gasteiger partial charge in [0.25, 0.3) is 0 Å². The van der Waals surface area contributed by atoms with E-state index in [9.17, 15) is 17.6 Å². The van der Waals surface area contributed by atoms with Gasteiger partial charge >= 0.3 is 0 Å². The van der Waals surface area contributed by atoms with Crippen molar-refractivity contribution >= 4 is 27.7 Å². The molecule has 1 N–H and O–H groups in total. The standard InChI is InChI=1S/C16H21FN2O3S2/c1-24(21,22)19-13-4-5-14(19)9-12(8-13)18-16(20)10-23-15-6-2-11(17)3-7-15/h2-3,6-7,12-14H,4-5,8-10H2,1H3,(H,18,20)/t13-,14-/m0/s1. The number of nitrogens with zero attached hydrogens (tertiary/aromatic N) is 1. The summed E-state index contributed by atoms with van der Waals surface area (Å²) in [6.07, 6.45) is 4.35. The minimum absolute atomic E-state index is 0.00815. The van der Waals surface area contributed by atoms with Gasteiger partial charge in [0, 0.05) is 23.0 Å². The maximum absolute atomic E-state index is 12.9. The number of halogens is 1. The summed E-state index contributed by atoms with van der Waals surface area (Å²) in [7, 11) is -3.18. The van der Waals surface area contributed by atoms with E-state index in [4.69, 9.17) is 0 Å². The molecule has 0 aromatic heterocycles. The lowest BCUT2D eigenvalue weighted by molar-refractivity contribution is -0.119. The highest BCUT2D eigenvalue weighted by Crippen LogP contribution is 2.37. The molecule has 2 saturated heterocycles. The third-order valence-corrected chi connectivity index (χ3v) is 6.97. The largest absolute Gasteiger partial charge is 0.353 e. The lowest BCUT2D eigenvalue weighted by Crippen LogP contribution is -2.52. The van der Waals surface area contributed by atoms with Crippen molar-refractivity contribution in [1.82, 2.24) is 9.62 Å². The van der Waals surface area contributed by atoms with Crippen LogP contribution >= 0.6 is 11.8 Å². The summed E-state index contributed by atoms with van der Waals surface area (Å²) in [5.41, 5.74) is 0. The molecule has 0 saturated carbocycles. The Balaban J connectivity index is 1.51. The first-order chi connectivity index (χ1) is 11.3. The average Bonchev–Trinajstić information content (AvgIpc) is 2.79. The van der Waals surface area contributed by atoms with E-state index in [0.29, 0.717) is 12.8 Å². The van der Waals surface area contributed by atoms with Gasteiger partial charge in [0.05, 0.1) is 12.0 Å². The maximum Gasteiger partial charge on any atom is 0.230 e. The summed E-state index contributed by atoms with van der Waals surface area (Å²) in [5, 5.41) is 3.02. The number of hydrogen-bond acceptors (Lipinski definition) is 4. The normalized spacial score (nSPS) is 27.2. The lowest BCUT2D eigenvalue weighted by atomic mass is 10.00. The predicted octanol–water partition coefficient (Wildman–Crippen LogP) is 1.99. The Morgan fingerprint density at radius 1 is 1.25 bits per heavy atom. The molecule has 0 radical (unpaired) electrons. The monoisotopic (exact) mass is 372 g/mol. The molecule has 2 aliphatic heterocycles. The van der Waals surface area contributed by atoms with Crippen LogP contribution in [0.1, 0.15) is 25.7 Å². The van der Waals surface area contributed by atoms with Crippen LogP contribution in [-0.4, -0.2) is 48.8 Å². The predicted molar refractivity (Wildman–Crippen MR) is 91.8 cm³/mol. The Morgan fingerprint density at radius 2 is 1.83 bits per heavy atom. The fourth-order valence-corrected chi connectivity index (χ4v) is 5.92. The Bertz CT molecular complexity index is 695. The van der Waals surface area contributed by atoms with Crippen LogP contribution in [0.4, 0.5) is 4.39 Å². The van der Waals surface area contributed by atoms with Gasteiger partial charge in [-0.05, 0) is 49.9 Å². The zero-order chi connectivity index (χ0) is 17.3. The molecule has 1 aromatic rings. The maximum atomic E-state index is 12.9. The molecule has 1 aromatic carbocycles. The molecule has 2 heterocycles. The van der Waals surface area contributed by atoms with E-state index >= 15 is 0 Å². The molecule has 3 rings (SSSR count). The van der Waals surface area contributed by atoms with E-state index in [-0.39, 0.29) is 35.6 Å². The van der Waals surface area contributed by atoms with Crippen molar-refractivity contribution in [3.63, 3.8) is 0 Å². The molecule has 0 spiro atoms. The van der Waals surface area contributed by atoms with E-state index in [2.05, 4.69) is 5.32 Å². The number of rotatable bonds is 5. The average molecular weight is 372 g/mol. The number of thioether (sulfide) groups is 1. The fraction of sp³-hybridized carbons (Fsp3) is 0.562. The van der Waals surface area contributed by atoms with Gasteiger partial charge in [-0.2, -0.15) is 4.31 Å². The second-order valence-corrected chi connectivity index (χ2v) is 9.39. The van der Waals surface area contributed by atoms with Gasteiger partial charge in [-0.15, -0.1) is 11.8 Å². The van der Waals surface area contributed by atoms with E-state index in [1.165, 1.54) is 30.2 Å². The van der Waals surface area contributed by atoms with E-state index in [1.54, 1.807) is 16.4 Å². The van der Waals surface area contributed by atoms with Gasteiger partial charge in [-0.3, -0.25) is 4.79 Å². The van der Waals surface area contributed by atoms with Gasteiger partial charge in [-0.1, -0.05) is 0 Å². The second kappa shape index (κ2) is 7.01. The highest BCUT2D eigenvalue weighted by molar-refractivity contribution is 8.00. The van der Waals surface area contributed by atoms with Crippen molar-refractivity contribution in [1.29, 1.82) is 0 Å². The number of amides is 1. The van der Waals surface area contributed by atoms with Gasteiger partial charge in [0.2, 0.25) is 15.9 Å². The van der Waals surface area contributed by atoms with Crippen molar-refractivity contribution in [2.75, 3.05) is 12.0 Å². The first-order valence-corrected chi connectivity index (χ1v) is 10.8. The molecule has 0 unspecified atom stereocenters. The third-order valence-electron chi connectivity index (χ3n) is 4.60. The molecule has 2 bridgehead atoms. The molecule has 132 valence electrons. The quantitative estimate of drug-likeness (QED) is 0.803. The number of hydrogen-bond donors (Lipinski definition) is 1. The van der Waals surface area contributed by atoms with Gasteiger partial charge in [-0.25, -0.2) is 12.8 Å². The first-order valence-electron chi connectivity index (χ1n) is 7.99. The summed E-state index contributed by atoms with van der Waals surface area (Å²) in [4.78, 5) is 13.0. The smallest absolute Gasteiger partial charge is 0.230 e. The van der Waals surface area contributed by atoms with Gasteiger partial charge in [0.15, 0.2) is 0 Å². The van der Waals surface area contributed by atoms with E-state index in [1.807, 2.05) is 0 Å². The van der Waals surface area contributed by atoms with Crippen LogP contribution in [0.25, 0.3) is 0 Å². The Morgan fingerprint density at radius 3 is 2.38 bits per heavy atom. The Hall–Kier alpha value is -1.12. The van der Waals surface area contributed by atoms with Crippen LogP contribution in [0.5, 0.6) is 0 Å². The van der Waals surface area contributed by atoms with Crippen molar-refractivity contribution in [3.8, 4) is 0 Å². The third kappa shape index (κ3) is 4.10. The molecule has 24 heavy (non-hydrogen) atoms. The van der Waals surface area contributed by atoms with Crippen LogP contribution in [0.15, 0.2) is 29.2 Å². The highest BCUT2D eigenvalue weighted by atomic mass is 32.2. The first kappa shape index (κ1) is 17.7. The number of nitrogens with one attached hydrogen (secondary N) is 1. The fourth-order valence-electron chi connectivity index (χ4n) is 3.74. The summed E-state index contributed by atoms with van der Waals surface area (Å²) in [6, 6.07) is 6.10. The molecule has 5 nitrogen and oxygen atoms in total. The van der Waals surface area contributed by atoms with Crippen LogP contribution in [0, 0.1) is 5.82 Å². The number of carbonyl (C=O) groups excluding carboxylic acids is 1.